The third-order valence-corrected chi connectivity index (χ3v) is 5.25. The number of rotatable bonds is 6. The van der Waals surface area contributed by atoms with Crippen LogP contribution in [-0.2, 0) is 4.79 Å². The summed E-state index contributed by atoms with van der Waals surface area (Å²) in [4.78, 5) is 12.2. The van der Waals surface area contributed by atoms with Crippen molar-refractivity contribution in [3.8, 4) is 11.4 Å². The molecule has 0 bridgehead atoms. The second-order valence-corrected chi connectivity index (χ2v) is 7.55. The predicted molar refractivity (Wildman–Crippen MR) is 109 cm³/mol. The quantitative estimate of drug-likeness (QED) is 0.487. The molecule has 140 valence electrons. The maximum Gasteiger partial charge on any atom is 0.230 e. The molecule has 0 aliphatic rings. The average Bonchev–Trinajstić information content (AvgIpc) is 3.02. The summed E-state index contributed by atoms with van der Waals surface area (Å²) in [5.74, 6) is 6.74. The smallest absolute Gasteiger partial charge is 0.230 e. The van der Waals surface area contributed by atoms with E-state index < -0.39 is 0 Å². The zero-order valence-electron chi connectivity index (χ0n) is 15.0. The van der Waals surface area contributed by atoms with Gasteiger partial charge in [-0.1, -0.05) is 65.3 Å². The Morgan fingerprint density at radius 2 is 1.85 bits per heavy atom. The van der Waals surface area contributed by atoms with Crippen LogP contribution >= 0.6 is 23.4 Å². The van der Waals surface area contributed by atoms with E-state index in [4.69, 9.17) is 17.4 Å². The van der Waals surface area contributed by atoms with Crippen LogP contribution in [0.1, 0.15) is 24.1 Å². The summed E-state index contributed by atoms with van der Waals surface area (Å²) in [7, 11) is 0. The van der Waals surface area contributed by atoms with E-state index in [0.717, 1.165) is 16.7 Å². The molecular weight excluding hydrogens is 382 g/mol. The van der Waals surface area contributed by atoms with Crippen LogP contribution in [0.5, 0.6) is 0 Å². The number of benzene rings is 2. The predicted octanol–water partition coefficient (Wildman–Crippen LogP) is 3.59. The van der Waals surface area contributed by atoms with Crippen LogP contribution in [0.3, 0.4) is 0 Å². The first-order valence-corrected chi connectivity index (χ1v) is 9.75. The molecule has 8 heteroatoms. The van der Waals surface area contributed by atoms with Gasteiger partial charge in [0.25, 0.3) is 0 Å². The second-order valence-electron chi connectivity index (χ2n) is 6.17. The van der Waals surface area contributed by atoms with Gasteiger partial charge >= 0.3 is 0 Å². The topological polar surface area (TPSA) is 85.8 Å². The van der Waals surface area contributed by atoms with Gasteiger partial charge in [-0.25, -0.2) is 4.68 Å². The van der Waals surface area contributed by atoms with Crippen molar-refractivity contribution < 1.29 is 4.79 Å². The zero-order valence-corrected chi connectivity index (χ0v) is 16.6. The molecule has 1 aromatic heterocycles. The molecule has 3 aromatic rings. The largest absolute Gasteiger partial charge is 0.349 e. The molecule has 6 nitrogen and oxygen atoms in total. The molecule has 1 amide bonds. The number of nitrogens with zero attached hydrogens (tertiary/aromatic N) is 3. The molecule has 2 aromatic carbocycles. The van der Waals surface area contributed by atoms with Crippen molar-refractivity contribution in [3.05, 3.63) is 64.7 Å². The average molecular weight is 402 g/mol. The van der Waals surface area contributed by atoms with Crippen LogP contribution in [0, 0.1) is 6.92 Å². The van der Waals surface area contributed by atoms with Crippen molar-refractivity contribution >= 4 is 29.3 Å². The van der Waals surface area contributed by atoms with Crippen molar-refractivity contribution in [1.29, 1.82) is 0 Å². The molecule has 0 fully saturated rings. The lowest BCUT2D eigenvalue weighted by atomic mass is 10.1. The van der Waals surface area contributed by atoms with Gasteiger partial charge in [0.1, 0.15) is 0 Å². The van der Waals surface area contributed by atoms with Crippen molar-refractivity contribution in [2.24, 2.45) is 0 Å². The molecule has 3 rings (SSSR count). The van der Waals surface area contributed by atoms with Gasteiger partial charge in [0.05, 0.1) is 11.8 Å². The fourth-order valence-electron chi connectivity index (χ4n) is 2.52. The third kappa shape index (κ3) is 4.81. The minimum Gasteiger partial charge on any atom is -0.349 e. The Kier molecular flexibility index (Phi) is 6.03. The maximum absolute atomic E-state index is 12.2. The maximum atomic E-state index is 12.2. The van der Waals surface area contributed by atoms with Crippen molar-refractivity contribution in [3.63, 3.8) is 0 Å². The standard InChI is InChI=1S/C19H20ClN5OS/c1-12-3-5-15(6-4-12)18-23-24-19(25(18)21)27-11-17(26)22-13(2)14-7-9-16(20)10-8-14/h3-10,13H,11,21H2,1-2H3,(H,22,26)/t13-/m0/s1. The highest BCUT2D eigenvalue weighted by molar-refractivity contribution is 7.99. The van der Waals surface area contributed by atoms with Crippen molar-refractivity contribution in [1.82, 2.24) is 20.2 Å². The van der Waals surface area contributed by atoms with Crippen molar-refractivity contribution in [2.75, 3.05) is 11.6 Å². The highest BCUT2D eigenvalue weighted by Gasteiger charge is 2.15. The van der Waals surface area contributed by atoms with E-state index in [1.807, 2.05) is 50.2 Å². The monoisotopic (exact) mass is 401 g/mol. The summed E-state index contributed by atoms with van der Waals surface area (Å²) >= 11 is 7.14. The lowest BCUT2D eigenvalue weighted by Crippen LogP contribution is -2.28. The SMILES string of the molecule is Cc1ccc(-c2nnc(SCC(=O)N[C@@H](C)c3ccc(Cl)cc3)n2N)cc1. The van der Waals surface area contributed by atoms with Crippen LogP contribution in [0.4, 0.5) is 0 Å². The van der Waals surface area contributed by atoms with Crippen LogP contribution in [0.2, 0.25) is 5.02 Å². The second kappa shape index (κ2) is 8.45. The van der Waals surface area contributed by atoms with Gasteiger partial charge in [-0.05, 0) is 31.5 Å². The molecule has 0 saturated heterocycles. The molecule has 0 saturated carbocycles. The third-order valence-electron chi connectivity index (χ3n) is 4.05. The molecule has 0 spiro atoms. The molecule has 27 heavy (non-hydrogen) atoms. The number of aryl methyl sites for hydroxylation is 1. The highest BCUT2D eigenvalue weighted by atomic mass is 35.5. The number of hydrogen-bond acceptors (Lipinski definition) is 5. The van der Waals surface area contributed by atoms with E-state index in [-0.39, 0.29) is 17.7 Å². The molecule has 1 heterocycles. The molecule has 0 aliphatic carbocycles. The first-order valence-electron chi connectivity index (χ1n) is 8.39. The minimum absolute atomic E-state index is 0.109. The molecular formula is C19H20ClN5OS. The Hall–Kier alpha value is -2.51. The number of thioether (sulfide) groups is 1. The normalized spacial score (nSPS) is 12.0. The summed E-state index contributed by atoms with van der Waals surface area (Å²) in [6, 6.07) is 15.1. The molecule has 0 unspecified atom stereocenters. The van der Waals surface area contributed by atoms with Gasteiger partial charge in [0, 0.05) is 10.6 Å². The van der Waals surface area contributed by atoms with Gasteiger partial charge in [-0.2, -0.15) is 0 Å². The first-order chi connectivity index (χ1) is 12.9. The number of amides is 1. The van der Waals surface area contributed by atoms with Gasteiger partial charge in [-0.15, -0.1) is 10.2 Å². The number of nitrogens with two attached hydrogens (primary N) is 1. The molecule has 1 atom stereocenters. The Labute approximate surface area is 167 Å². The summed E-state index contributed by atoms with van der Waals surface area (Å²) in [6.07, 6.45) is 0. The Bertz CT molecular complexity index is 924. The fraction of sp³-hybridized carbons (Fsp3) is 0.211. The number of carbonyl (C=O) groups excluding carboxylic acids is 1. The molecule has 0 aliphatic heterocycles. The van der Waals surface area contributed by atoms with Gasteiger partial charge < -0.3 is 11.2 Å². The number of hydrogen-bond donors (Lipinski definition) is 2. The number of aromatic nitrogens is 3. The Morgan fingerprint density at radius 1 is 1.19 bits per heavy atom. The van der Waals surface area contributed by atoms with Crippen LogP contribution < -0.4 is 11.2 Å². The van der Waals surface area contributed by atoms with E-state index >= 15 is 0 Å². The van der Waals surface area contributed by atoms with Crippen LogP contribution in [-0.4, -0.2) is 26.5 Å². The van der Waals surface area contributed by atoms with Gasteiger partial charge in [0.2, 0.25) is 11.1 Å². The zero-order chi connectivity index (χ0) is 19.4. The van der Waals surface area contributed by atoms with Gasteiger partial charge in [0.15, 0.2) is 5.82 Å². The summed E-state index contributed by atoms with van der Waals surface area (Å²) in [6.45, 7) is 3.94. The first kappa shape index (κ1) is 19.3. The number of halogens is 1. The van der Waals surface area contributed by atoms with Crippen LogP contribution in [0.15, 0.2) is 53.7 Å². The van der Waals surface area contributed by atoms with Crippen molar-refractivity contribution in [2.45, 2.75) is 25.0 Å². The van der Waals surface area contributed by atoms with E-state index in [0.29, 0.717) is 16.0 Å². The van der Waals surface area contributed by atoms with Gasteiger partial charge in [-0.3, -0.25) is 4.79 Å². The fourth-order valence-corrected chi connectivity index (χ4v) is 3.32. The number of carbonyl (C=O) groups is 1. The highest BCUT2D eigenvalue weighted by Crippen LogP contribution is 2.22. The summed E-state index contributed by atoms with van der Waals surface area (Å²) in [5, 5.41) is 12.3. The number of nitrogen functional groups attached to an aromatic ring is 1. The number of nitrogens with one attached hydrogen (secondary N) is 1. The van der Waals surface area contributed by atoms with E-state index in [9.17, 15) is 4.79 Å². The lowest BCUT2D eigenvalue weighted by Gasteiger charge is -2.14. The molecule has 0 radical (unpaired) electrons. The van der Waals surface area contributed by atoms with E-state index in [2.05, 4.69) is 15.5 Å². The molecule has 3 N–H and O–H groups in total. The Morgan fingerprint density at radius 3 is 2.52 bits per heavy atom. The summed E-state index contributed by atoms with van der Waals surface area (Å²) < 4.78 is 1.41. The Balaban J connectivity index is 1.59. The summed E-state index contributed by atoms with van der Waals surface area (Å²) in [5.41, 5.74) is 3.02. The van der Waals surface area contributed by atoms with E-state index in [1.54, 1.807) is 12.1 Å². The minimum atomic E-state index is -0.116. The lowest BCUT2D eigenvalue weighted by molar-refractivity contribution is -0.119. The van der Waals surface area contributed by atoms with Crippen LogP contribution in [0.25, 0.3) is 11.4 Å². The van der Waals surface area contributed by atoms with E-state index in [1.165, 1.54) is 16.4 Å².